The first-order chi connectivity index (χ1) is 12.7. The smallest absolute Gasteiger partial charge is 0.134 e. The zero-order chi connectivity index (χ0) is 17.9. The maximum Gasteiger partial charge on any atom is 0.134 e. The Labute approximate surface area is 159 Å². The first-order valence-electron chi connectivity index (χ1n) is 8.97. The second-order valence-corrected chi connectivity index (χ2v) is 7.95. The maximum absolute atomic E-state index is 6.21. The molecule has 1 heterocycles. The number of thioether (sulfide) groups is 1. The molecule has 3 nitrogen and oxygen atoms in total. The van der Waals surface area contributed by atoms with Gasteiger partial charge in [0.2, 0.25) is 0 Å². The van der Waals surface area contributed by atoms with Gasteiger partial charge in [0.05, 0.1) is 6.10 Å². The molecule has 1 aliphatic rings. The van der Waals surface area contributed by atoms with Crippen LogP contribution in [-0.4, -0.2) is 32.5 Å². The van der Waals surface area contributed by atoms with Gasteiger partial charge in [-0.15, -0.1) is 11.8 Å². The minimum atomic E-state index is -0.00610. The van der Waals surface area contributed by atoms with E-state index in [0.29, 0.717) is 0 Å². The number of anilines is 1. The summed E-state index contributed by atoms with van der Waals surface area (Å²) in [6, 6.07) is 23.7. The molecule has 3 aromatic rings. The van der Waals surface area contributed by atoms with Crippen molar-refractivity contribution in [2.45, 2.75) is 17.2 Å². The minimum Gasteiger partial charge on any atom is -0.378 e. The van der Waals surface area contributed by atoms with Crippen molar-refractivity contribution >= 4 is 28.2 Å². The Bertz CT molecular complexity index is 879. The van der Waals surface area contributed by atoms with E-state index in [4.69, 9.17) is 4.74 Å². The van der Waals surface area contributed by atoms with E-state index in [1.165, 1.54) is 26.9 Å². The molecule has 4 rings (SSSR count). The lowest BCUT2D eigenvalue weighted by molar-refractivity contribution is 0.0535. The lowest BCUT2D eigenvalue weighted by Crippen LogP contribution is -2.16. The van der Waals surface area contributed by atoms with Gasteiger partial charge in [-0.3, -0.25) is 5.32 Å². The molecule has 0 aromatic heterocycles. The van der Waals surface area contributed by atoms with Gasteiger partial charge in [0.1, 0.15) is 6.23 Å². The first-order valence-corrected chi connectivity index (χ1v) is 9.95. The molecular weight excluding hydrogens is 340 g/mol. The van der Waals surface area contributed by atoms with E-state index < -0.39 is 0 Å². The molecule has 0 unspecified atom stereocenters. The third-order valence-corrected chi connectivity index (χ3v) is 5.85. The van der Waals surface area contributed by atoms with Gasteiger partial charge in [0.25, 0.3) is 0 Å². The van der Waals surface area contributed by atoms with E-state index in [1.807, 2.05) is 11.8 Å². The summed E-state index contributed by atoms with van der Waals surface area (Å²) >= 11 is 1.86. The van der Waals surface area contributed by atoms with Crippen LogP contribution in [0, 0.1) is 0 Å². The predicted octanol–water partition coefficient (Wildman–Crippen LogP) is 4.69. The Kier molecular flexibility index (Phi) is 5.16. The summed E-state index contributed by atoms with van der Waals surface area (Å²) in [5.74, 6) is 0.956. The van der Waals surface area contributed by atoms with Gasteiger partial charge < -0.3 is 9.64 Å². The second-order valence-electron chi connectivity index (χ2n) is 6.85. The van der Waals surface area contributed by atoms with Crippen LogP contribution in [0.4, 0.5) is 5.69 Å². The lowest BCUT2D eigenvalue weighted by atomic mass is 10.1. The lowest BCUT2D eigenvalue weighted by Gasteiger charge is -2.16. The van der Waals surface area contributed by atoms with Crippen molar-refractivity contribution in [3.05, 3.63) is 72.3 Å². The standard InChI is InChI=1S/C22H24N2OS/c1-24(2)19-10-7-17(8-11-19)22-23-14-20(25-22)15-26-21-12-9-16-5-3-4-6-18(16)13-21/h3-13,20,22-23H,14-15H2,1-2H3/t20-,22+/m1/s1. The van der Waals surface area contributed by atoms with Crippen molar-refractivity contribution in [2.24, 2.45) is 0 Å². The Morgan fingerprint density at radius 3 is 2.54 bits per heavy atom. The number of nitrogens with zero attached hydrogens (tertiary/aromatic N) is 1. The van der Waals surface area contributed by atoms with Gasteiger partial charge in [-0.1, -0.05) is 42.5 Å². The fourth-order valence-corrected chi connectivity index (χ4v) is 4.16. The molecule has 1 aliphatic heterocycles. The highest BCUT2D eigenvalue weighted by atomic mass is 32.2. The van der Waals surface area contributed by atoms with Crippen molar-refractivity contribution in [1.82, 2.24) is 5.32 Å². The molecule has 1 N–H and O–H groups in total. The number of hydrogen-bond donors (Lipinski definition) is 1. The van der Waals surface area contributed by atoms with Gasteiger partial charge in [0, 0.05) is 37.0 Å². The molecule has 1 fully saturated rings. The normalized spacial score (nSPS) is 19.8. The highest BCUT2D eigenvalue weighted by Gasteiger charge is 2.25. The van der Waals surface area contributed by atoms with Gasteiger partial charge in [-0.05, 0) is 40.6 Å². The Hall–Kier alpha value is -2.01. The topological polar surface area (TPSA) is 24.5 Å². The molecule has 134 valence electrons. The summed E-state index contributed by atoms with van der Waals surface area (Å²) in [5, 5.41) is 6.07. The van der Waals surface area contributed by atoms with Gasteiger partial charge in [0.15, 0.2) is 0 Å². The fraction of sp³-hybridized carbons (Fsp3) is 0.273. The molecule has 0 saturated carbocycles. The second kappa shape index (κ2) is 7.70. The minimum absolute atomic E-state index is 0.00610. The van der Waals surface area contributed by atoms with Crippen molar-refractivity contribution in [3.8, 4) is 0 Å². The van der Waals surface area contributed by atoms with Gasteiger partial charge in [-0.25, -0.2) is 0 Å². The number of fused-ring (bicyclic) bond motifs is 1. The van der Waals surface area contributed by atoms with E-state index in [9.17, 15) is 0 Å². The molecule has 0 radical (unpaired) electrons. The van der Waals surface area contributed by atoms with Crippen LogP contribution in [0.1, 0.15) is 11.8 Å². The first kappa shape index (κ1) is 17.4. The Balaban J connectivity index is 1.35. The number of hydrogen-bond acceptors (Lipinski definition) is 4. The van der Waals surface area contributed by atoms with Crippen LogP contribution in [0.25, 0.3) is 10.8 Å². The van der Waals surface area contributed by atoms with Crippen molar-refractivity contribution < 1.29 is 4.74 Å². The Morgan fingerprint density at radius 2 is 1.77 bits per heavy atom. The van der Waals surface area contributed by atoms with Crippen molar-refractivity contribution in [1.29, 1.82) is 0 Å². The van der Waals surface area contributed by atoms with Gasteiger partial charge >= 0.3 is 0 Å². The fourth-order valence-electron chi connectivity index (χ4n) is 3.22. The summed E-state index contributed by atoms with van der Waals surface area (Å²) in [7, 11) is 4.11. The average molecular weight is 365 g/mol. The molecule has 0 bridgehead atoms. The molecule has 2 atom stereocenters. The van der Waals surface area contributed by atoms with E-state index in [0.717, 1.165) is 12.3 Å². The van der Waals surface area contributed by atoms with Crippen LogP contribution >= 0.6 is 11.8 Å². The van der Waals surface area contributed by atoms with E-state index in [2.05, 4.69) is 91.0 Å². The summed E-state index contributed by atoms with van der Waals surface area (Å²) < 4.78 is 6.21. The molecule has 26 heavy (non-hydrogen) atoms. The monoisotopic (exact) mass is 364 g/mol. The number of nitrogens with one attached hydrogen (secondary N) is 1. The van der Waals surface area contributed by atoms with Crippen LogP contribution in [0.3, 0.4) is 0 Å². The third-order valence-electron chi connectivity index (χ3n) is 4.73. The van der Waals surface area contributed by atoms with Crippen LogP contribution in [0.15, 0.2) is 71.6 Å². The summed E-state index contributed by atoms with van der Waals surface area (Å²) in [6.45, 7) is 0.890. The molecule has 4 heteroatoms. The van der Waals surface area contributed by atoms with E-state index in [1.54, 1.807) is 0 Å². The SMILES string of the molecule is CN(C)c1ccc([C@H]2NC[C@H](CSc3ccc4ccccc4c3)O2)cc1. The Morgan fingerprint density at radius 1 is 1.00 bits per heavy atom. The number of benzene rings is 3. The quantitative estimate of drug-likeness (QED) is 0.664. The highest BCUT2D eigenvalue weighted by Crippen LogP contribution is 2.28. The number of ether oxygens (including phenoxy) is 1. The van der Waals surface area contributed by atoms with Crippen LogP contribution in [0.2, 0.25) is 0 Å². The van der Waals surface area contributed by atoms with Gasteiger partial charge in [-0.2, -0.15) is 0 Å². The van der Waals surface area contributed by atoms with Crippen molar-refractivity contribution in [3.63, 3.8) is 0 Å². The maximum atomic E-state index is 6.21. The summed E-state index contributed by atoms with van der Waals surface area (Å²) in [5.41, 5.74) is 2.39. The summed E-state index contributed by atoms with van der Waals surface area (Å²) in [6.07, 6.45) is 0.221. The van der Waals surface area contributed by atoms with E-state index >= 15 is 0 Å². The molecule has 1 saturated heterocycles. The number of rotatable bonds is 5. The molecular formula is C22H24N2OS. The third kappa shape index (κ3) is 3.88. The molecule has 3 aromatic carbocycles. The van der Waals surface area contributed by atoms with Crippen LogP contribution in [0.5, 0.6) is 0 Å². The van der Waals surface area contributed by atoms with E-state index in [-0.39, 0.29) is 12.3 Å². The molecule has 0 spiro atoms. The summed E-state index contributed by atoms with van der Waals surface area (Å²) in [4.78, 5) is 3.40. The molecule has 0 amide bonds. The largest absolute Gasteiger partial charge is 0.378 e. The highest BCUT2D eigenvalue weighted by molar-refractivity contribution is 7.99. The van der Waals surface area contributed by atoms with Crippen LogP contribution in [-0.2, 0) is 4.74 Å². The molecule has 0 aliphatic carbocycles. The predicted molar refractivity (Wildman–Crippen MR) is 111 cm³/mol. The zero-order valence-electron chi connectivity index (χ0n) is 15.2. The van der Waals surface area contributed by atoms with Crippen molar-refractivity contribution in [2.75, 3.05) is 31.3 Å². The zero-order valence-corrected chi connectivity index (χ0v) is 16.0. The average Bonchev–Trinajstić information content (AvgIpc) is 3.15. The van der Waals surface area contributed by atoms with Crippen LogP contribution < -0.4 is 10.2 Å².